The normalized spacial score (nSPS) is 19.1. The Morgan fingerprint density at radius 2 is 1.06 bits per heavy atom. The van der Waals surface area contributed by atoms with E-state index in [2.05, 4.69) is 30.8 Å². The molecule has 4 atom stereocenters. The number of aliphatic hydroxyl groups is 2. The van der Waals surface area contributed by atoms with E-state index in [-0.39, 0.29) is 85.6 Å². The molecule has 2 amide bonds. The van der Waals surface area contributed by atoms with Crippen molar-refractivity contribution in [3.05, 3.63) is 118 Å². The lowest BCUT2D eigenvalue weighted by atomic mass is 10.0. The van der Waals surface area contributed by atoms with Crippen molar-refractivity contribution >= 4 is 23.5 Å². The van der Waals surface area contributed by atoms with Crippen LogP contribution in [0.5, 0.6) is 0 Å². The third-order valence-corrected chi connectivity index (χ3v) is 11.6. The van der Waals surface area contributed by atoms with E-state index in [4.69, 9.17) is 9.47 Å². The number of hydrogen-bond donors (Lipinski definition) is 4. The number of benzene rings is 2. The number of rotatable bonds is 8. The van der Waals surface area contributed by atoms with Crippen LogP contribution < -0.4 is 20.4 Å². The number of hydrogen-bond acceptors (Lipinski definition) is 14. The number of halogens is 2. The molecule has 0 aliphatic carbocycles. The lowest BCUT2D eigenvalue weighted by molar-refractivity contribution is 0.0217. The second-order valence-corrected chi connectivity index (χ2v) is 15.3. The summed E-state index contributed by atoms with van der Waals surface area (Å²) in [5.74, 6) is -0.516. The number of carbonyl (C=O) groups excluding carboxylic acids is 2. The van der Waals surface area contributed by atoms with Gasteiger partial charge in [-0.1, -0.05) is 27.0 Å². The van der Waals surface area contributed by atoms with Gasteiger partial charge < -0.3 is 40.1 Å². The van der Waals surface area contributed by atoms with Crippen molar-refractivity contribution in [2.24, 2.45) is 0 Å². The Hall–Kier alpha value is -7.62. The highest BCUT2D eigenvalue weighted by Gasteiger charge is 2.35. The summed E-state index contributed by atoms with van der Waals surface area (Å²) in [6.45, 7) is 2.11. The van der Waals surface area contributed by atoms with Crippen LogP contribution in [0.1, 0.15) is 58.1 Å². The third-order valence-electron chi connectivity index (χ3n) is 11.6. The highest BCUT2D eigenvalue weighted by Crippen LogP contribution is 2.34. The van der Waals surface area contributed by atoms with Gasteiger partial charge in [0.15, 0.2) is 11.6 Å². The van der Waals surface area contributed by atoms with Gasteiger partial charge in [-0.2, -0.15) is 20.7 Å². The molecule has 0 radical (unpaired) electrons. The molecule has 0 saturated carbocycles. The second kappa shape index (κ2) is 18.8. The standard InChI is InChI=1S/2C22H19FN6O3.2CH4/c2*1-32-18-11-28(10-17(18)30)19-5-6-29(27-19)16-7-14(26-15-9-25-22(31)21(15)16)20-12(8-24)3-2-4-13(20)23;;/h2*2-7,17-18,30H,9-11H2,1H3,(H,25,31);2*1H4/t2*17-,18+;;/m11../s1. The molecule has 66 heavy (non-hydrogen) atoms. The number of amides is 2. The summed E-state index contributed by atoms with van der Waals surface area (Å²) >= 11 is 0. The lowest BCUT2D eigenvalue weighted by Gasteiger charge is -2.15. The van der Waals surface area contributed by atoms with Crippen molar-refractivity contribution < 1.29 is 38.1 Å². The van der Waals surface area contributed by atoms with Crippen LogP contribution in [0.4, 0.5) is 20.4 Å². The van der Waals surface area contributed by atoms with E-state index >= 15 is 0 Å². The zero-order valence-electron chi connectivity index (χ0n) is 34.2. The molecule has 8 heterocycles. The number of aliphatic hydroxyl groups excluding tert-OH is 2. The monoisotopic (exact) mass is 900 g/mol. The van der Waals surface area contributed by atoms with Crippen LogP contribution in [-0.2, 0) is 22.6 Å². The van der Waals surface area contributed by atoms with Crippen LogP contribution in [0.2, 0.25) is 0 Å². The maximum atomic E-state index is 14.7. The predicted molar refractivity (Wildman–Crippen MR) is 237 cm³/mol. The first-order chi connectivity index (χ1) is 31.0. The molecule has 20 heteroatoms. The number of methoxy groups -OCH3 is 2. The molecule has 4 N–H and O–H groups in total. The molecule has 2 saturated heterocycles. The maximum absolute atomic E-state index is 14.7. The fourth-order valence-electron chi connectivity index (χ4n) is 8.38. The summed E-state index contributed by atoms with van der Waals surface area (Å²) < 4.78 is 43.0. The van der Waals surface area contributed by atoms with E-state index in [1.54, 1.807) is 50.9 Å². The third kappa shape index (κ3) is 8.30. The Balaban J connectivity index is 0.000000191. The minimum absolute atomic E-state index is 0. The fourth-order valence-corrected chi connectivity index (χ4v) is 8.38. The Morgan fingerprint density at radius 1 is 0.652 bits per heavy atom. The molecule has 2 fully saturated rings. The summed E-state index contributed by atoms with van der Waals surface area (Å²) in [6.07, 6.45) is 1.51. The van der Waals surface area contributed by atoms with Crippen LogP contribution in [0.15, 0.2) is 73.1 Å². The zero-order chi connectivity index (χ0) is 44.8. The summed E-state index contributed by atoms with van der Waals surface area (Å²) in [5, 5.41) is 53.8. The van der Waals surface area contributed by atoms with Crippen LogP contribution in [0.3, 0.4) is 0 Å². The molecule has 6 aromatic rings. The van der Waals surface area contributed by atoms with Crippen molar-refractivity contribution in [3.8, 4) is 46.0 Å². The highest BCUT2D eigenvalue weighted by atomic mass is 19.1. The van der Waals surface area contributed by atoms with E-state index in [0.29, 0.717) is 71.7 Å². The number of nitriles is 2. The van der Waals surface area contributed by atoms with E-state index < -0.39 is 23.8 Å². The molecule has 4 aliphatic rings. The molecule has 0 spiro atoms. The van der Waals surface area contributed by atoms with Gasteiger partial charge in [0.05, 0.1) is 105 Å². The first kappa shape index (κ1) is 46.4. The first-order valence-corrected chi connectivity index (χ1v) is 20.1. The molecule has 2 aromatic carbocycles. The number of aromatic nitrogens is 6. The summed E-state index contributed by atoms with van der Waals surface area (Å²) in [5.41, 5.74) is 3.46. The smallest absolute Gasteiger partial charge is 0.255 e. The topological polar surface area (TPSA) is 233 Å². The summed E-state index contributed by atoms with van der Waals surface area (Å²) in [6, 6.07) is 19.2. The molecular formula is C46H46F2N12O6. The van der Waals surface area contributed by atoms with Gasteiger partial charge in [-0.25, -0.2) is 28.1 Å². The number of pyridine rings is 2. The number of nitrogens with zero attached hydrogens (tertiary/aromatic N) is 10. The number of ether oxygens (including phenoxy) is 2. The largest absolute Gasteiger partial charge is 0.388 e. The van der Waals surface area contributed by atoms with Crippen LogP contribution in [-0.4, -0.2) is 116 Å². The second-order valence-electron chi connectivity index (χ2n) is 15.3. The molecule has 340 valence electrons. The van der Waals surface area contributed by atoms with Gasteiger partial charge in [-0.3, -0.25) is 9.59 Å². The Kier molecular flexibility index (Phi) is 13.2. The van der Waals surface area contributed by atoms with Crippen molar-refractivity contribution in [3.63, 3.8) is 0 Å². The molecule has 10 rings (SSSR count). The Morgan fingerprint density at radius 3 is 1.42 bits per heavy atom. The van der Waals surface area contributed by atoms with Crippen molar-refractivity contribution in [1.29, 1.82) is 10.5 Å². The van der Waals surface area contributed by atoms with Gasteiger partial charge in [-0.15, -0.1) is 0 Å². The average Bonchev–Trinajstić information content (AvgIpc) is 4.17. The minimum atomic E-state index is -0.627. The fraction of sp³-hybridized carbons (Fsp3) is 0.304. The highest BCUT2D eigenvalue weighted by molar-refractivity contribution is 6.02. The Bertz CT molecular complexity index is 2730. The molecule has 0 bridgehead atoms. The van der Waals surface area contributed by atoms with E-state index in [1.807, 2.05) is 21.9 Å². The number of fused-ring (bicyclic) bond motifs is 2. The average molecular weight is 901 g/mol. The van der Waals surface area contributed by atoms with E-state index in [9.17, 15) is 39.1 Å². The van der Waals surface area contributed by atoms with Gasteiger partial charge >= 0.3 is 0 Å². The van der Waals surface area contributed by atoms with Gasteiger partial charge in [0.2, 0.25) is 0 Å². The first-order valence-electron chi connectivity index (χ1n) is 20.1. The maximum Gasteiger partial charge on any atom is 0.255 e. The van der Waals surface area contributed by atoms with Crippen molar-refractivity contribution in [1.82, 2.24) is 40.2 Å². The molecule has 0 unspecified atom stereocenters. The summed E-state index contributed by atoms with van der Waals surface area (Å²) in [7, 11) is 3.10. The van der Waals surface area contributed by atoms with Gasteiger partial charge in [-0.05, 0) is 36.4 Å². The zero-order valence-corrected chi connectivity index (χ0v) is 34.2. The van der Waals surface area contributed by atoms with Gasteiger partial charge in [0, 0.05) is 64.9 Å². The number of β-amino-alcohol motifs (C(OH)–C–C–N with tert-alkyl or cyclic N) is 2. The number of anilines is 2. The number of nitrogens with one attached hydrogen (secondary N) is 2. The molecule has 18 nitrogen and oxygen atoms in total. The van der Waals surface area contributed by atoms with Crippen molar-refractivity contribution in [2.45, 2.75) is 52.4 Å². The van der Waals surface area contributed by atoms with Gasteiger partial charge in [0.1, 0.15) is 23.8 Å². The molecule has 4 aromatic heterocycles. The van der Waals surface area contributed by atoms with Crippen LogP contribution in [0.25, 0.3) is 33.9 Å². The SMILES string of the molecule is C.C.CO[C@H]1CN(c2ccn(-c3cc(-c4c(F)cccc4C#N)nc4c3C(=O)NC4)n2)C[C@H]1O.CO[C@H]1CN(c2ccn(-c3cc(-c4c(F)cccc4C#N)nc4c3C(=O)NC4)n2)C[C@H]1O. The van der Waals surface area contributed by atoms with Crippen molar-refractivity contribution in [2.75, 3.05) is 50.2 Å². The predicted octanol–water partition coefficient (Wildman–Crippen LogP) is 4.04. The number of carbonyl (C=O) groups is 2. The molecular weight excluding hydrogens is 855 g/mol. The summed E-state index contributed by atoms with van der Waals surface area (Å²) in [4.78, 5) is 37.7. The van der Waals surface area contributed by atoms with Crippen LogP contribution >= 0.6 is 0 Å². The lowest BCUT2D eigenvalue weighted by Crippen LogP contribution is -2.25. The minimum Gasteiger partial charge on any atom is -0.388 e. The quantitative estimate of drug-likeness (QED) is 0.169. The van der Waals surface area contributed by atoms with Crippen LogP contribution in [0, 0.1) is 34.3 Å². The Labute approximate surface area is 378 Å². The van der Waals surface area contributed by atoms with Gasteiger partial charge in [0.25, 0.3) is 11.8 Å². The molecule has 4 aliphatic heterocycles. The van der Waals surface area contributed by atoms with E-state index in [1.165, 1.54) is 45.8 Å². The van der Waals surface area contributed by atoms with E-state index in [0.717, 1.165) is 0 Å².